The molecule has 0 N–H and O–H groups in total. The molecule has 0 unspecified atom stereocenters. The van der Waals surface area contributed by atoms with Gasteiger partial charge in [0.1, 0.15) is 12.7 Å². The van der Waals surface area contributed by atoms with Gasteiger partial charge in [-0.1, -0.05) is 6.42 Å². The van der Waals surface area contributed by atoms with Crippen molar-refractivity contribution in [2.75, 3.05) is 19.6 Å². The van der Waals surface area contributed by atoms with E-state index < -0.39 is 0 Å². The number of hydrogen-bond acceptors (Lipinski definition) is 4. The van der Waals surface area contributed by atoms with Gasteiger partial charge < -0.3 is 4.90 Å². The Morgan fingerprint density at radius 2 is 2.00 bits per heavy atom. The molecule has 2 fully saturated rings. The highest BCUT2D eigenvalue weighted by Crippen LogP contribution is 2.22. The highest BCUT2D eigenvalue weighted by molar-refractivity contribution is 5.81. The number of carbonyl (C=O) groups is 1. The minimum atomic E-state index is -0.0167. The Bertz CT molecular complexity index is 455. The zero-order chi connectivity index (χ0) is 14.7. The maximum atomic E-state index is 12.6. The highest BCUT2D eigenvalue weighted by atomic mass is 16.2. The fourth-order valence-corrected chi connectivity index (χ4v) is 3.62. The average Bonchev–Trinajstić information content (AvgIpc) is 3.19. The van der Waals surface area contributed by atoms with Crippen LogP contribution < -0.4 is 0 Å². The van der Waals surface area contributed by atoms with Gasteiger partial charge in [0.2, 0.25) is 5.91 Å². The van der Waals surface area contributed by atoms with Crippen LogP contribution in [0.5, 0.6) is 0 Å². The van der Waals surface area contributed by atoms with Gasteiger partial charge in [-0.05, 0) is 39.2 Å². The molecule has 1 aromatic heterocycles. The molecule has 2 aliphatic rings. The molecule has 0 aliphatic carbocycles. The van der Waals surface area contributed by atoms with E-state index in [0.29, 0.717) is 11.9 Å². The fraction of sp³-hybridized carbons (Fsp3) is 0.800. The van der Waals surface area contributed by atoms with Crippen molar-refractivity contribution in [3.05, 3.63) is 12.7 Å². The smallest absolute Gasteiger partial charge is 0.239 e. The van der Waals surface area contributed by atoms with Gasteiger partial charge in [-0.2, -0.15) is 5.10 Å². The summed E-state index contributed by atoms with van der Waals surface area (Å²) in [5.74, 6) is 0.304. The second-order valence-corrected chi connectivity index (χ2v) is 6.21. The number of amides is 1. The molecule has 1 amide bonds. The summed E-state index contributed by atoms with van der Waals surface area (Å²) in [5.41, 5.74) is 0. The second-order valence-electron chi connectivity index (χ2n) is 6.21. The quantitative estimate of drug-likeness (QED) is 0.835. The number of nitrogens with zero attached hydrogens (tertiary/aromatic N) is 5. The summed E-state index contributed by atoms with van der Waals surface area (Å²) in [6.45, 7) is 5.79. The zero-order valence-corrected chi connectivity index (χ0v) is 12.8. The summed E-state index contributed by atoms with van der Waals surface area (Å²) in [6, 6.07) is 0.374. The largest absolute Gasteiger partial charge is 0.341 e. The number of hydrogen-bond donors (Lipinski definition) is 0. The Morgan fingerprint density at radius 1 is 1.24 bits per heavy atom. The summed E-state index contributed by atoms with van der Waals surface area (Å²) in [4.78, 5) is 21.1. The van der Waals surface area contributed by atoms with Crippen molar-refractivity contribution in [3.8, 4) is 0 Å². The van der Waals surface area contributed by atoms with E-state index in [1.165, 1.54) is 12.8 Å². The first-order chi connectivity index (χ1) is 10.3. The maximum absolute atomic E-state index is 12.6. The lowest BCUT2D eigenvalue weighted by molar-refractivity contribution is -0.137. The van der Waals surface area contributed by atoms with Crippen LogP contribution in [-0.2, 0) is 11.3 Å². The standard InChI is InChI=1S/C15H25N5O/c1-13(15(21)18-7-4-5-8-18)20-9-3-2-6-14(20)10-19-12-16-11-17-19/h11-14H,2-10H2,1H3/t13-,14+/m0/s1. The van der Waals surface area contributed by atoms with Gasteiger partial charge in [0.05, 0.1) is 12.6 Å². The third kappa shape index (κ3) is 3.26. The van der Waals surface area contributed by atoms with Crippen molar-refractivity contribution in [3.63, 3.8) is 0 Å². The van der Waals surface area contributed by atoms with Gasteiger partial charge in [0.25, 0.3) is 0 Å². The normalized spacial score (nSPS) is 25.2. The molecule has 1 aromatic rings. The Hall–Kier alpha value is -1.43. The summed E-state index contributed by atoms with van der Waals surface area (Å²) in [7, 11) is 0. The molecule has 0 bridgehead atoms. The van der Waals surface area contributed by atoms with Crippen LogP contribution in [0.2, 0.25) is 0 Å². The van der Waals surface area contributed by atoms with E-state index in [9.17, 15) is 4.79 Å². The van der Waals surface area contributed by atoms with Crippen molar-refractivity contribution in [2.24, 2.45) is 0 Å². The van der Waals surface area contributed by atoms with E-state index in [2.05, 4.69) is 21.9 Å². The minimum absolute atomic E-state index is 0.0167. The van der Waals surface area contributed by atoms with E-state index in [0.717, 1.165) is 45.4 Å². The fourth-order valence-electron chi connectivity index (χ4n) is 3.62. The van der Waals surface area contributed by atoms with Crippen molar-refractivity contribution in [1.82, 2.24) is 24.6 Å². The zero-order valence-electron chi connectivity index (χ0n) is 12.8. The van der Waals surface area contributed by atoms with E-state index in [-0.39, 0.29) is 6.04 Å². The van der Waals surface area contributed by atoms with Crippen LogP contribution in [0.3, 0.4) is 0 Å². The Morgan fingerprint density at radius 3 is 2.71 bits per heavy atom. The molecular weight excluding hydrogens is 266 g/mol. The SMILES string of the molecule is C[C@@H](C(=O)N1CCCC1)N1CCCC[C@@H]1Cn1cncn1. The lowest BCUT2D eigenvalue weighted by Gasteiger charge is -2.40. The van der Waals surface area contributed by atoms with Crippen LogP contribution in [-0.4, -0.2) is 62.2 Å². The molecule has 0 saturated carbocycles. The molecular formula is C15H25N5O. The first-order valence-corrected chi connectivity index (χ1v) is 8.12. The Balaban J connectivity index is 1.66. The Kier molecular flexibility index (Phi) is 4.53. The first-order valence-electron chi connectivity index (χ1n) is 8.12. The summed E-state index contributed by atoms with van der Waals surface area (Å²) < 4.78 is 1.88. The topological polar surface area (TPSA) is 54.3 Å². The molecule has 6 heteroatoms. The van der Waals surface area contributed by atoms with E-state index >= 15 is 0 Å². The van der Waals surface area contributed by atoms with Gasteiger partial charge in [-0.3, -0.25) is 14.4 Å². The van der Waals surface area contributed by atoms with Gasteiger partial charge in [-0.25, -0.2) is 4.98 Å². The number of rotatable bonds is 4. The van der Waals surface area contributed by atoms with Crippen molar-refractivity contribution in [2.45, 2.75) is 57.7 Å². The lowest BCUT2D eigenvalue weighted by Crippen LogP contribution is -2.53. The first kappa shape index (κ1) is 14.5. The maximum Gasteiger partial charge on any atom is 0.239 e. The molecule has 3 heterocycles. The third-order valence-corrected chi connectivity index (χ3v) is 4.81. The Labute approximate surface area is 126 Å². The molecule has 6 nitrogen and oxygen atoms in total. The molecule has 0 radical (unpaired) electrons. The molecule has 2 saturated heterocycles. The lowest BCUT2D eigenvalue weighted by atomic mass is 9.99. The van der Waals surface area contributed by atoms with Crippen LogP contribution in [0.25, 0.3) is 0 Å². The van der Waals surface area contributed by atoms with E-state index in [4.69, 9.17) is 0 Å². The van der Waals surface area contributed by atoms with Crippen LogP contribution in [0.1, 0.15) is 39.0 Å². The van der Waals surface area contributed by atoms with Gasteiger partial charge in [0, 0.05) is 19.1 Å². The third-order valence-electron chi connectivity index (χ3n) is 4.81. The highest BCUT2D eigenvalue weighted by Gasteiger charge is 2.33. The van der Waals surface area contributed by atoms with Crippen molar-refractivity contribution >= 4 is 5.91 Å². The van der Waals surface area contributed by atoms with Crippen LogP contribution >= 0.6 is 0 Å². The molecule has 0 spiro atoms. The summed E-state index contributed by atoms with van der Waals surface area (Å²) in [5, 5.41) is 4.21. The summed E-state index contributed by atoms with van der Waals surface area (Å²) >= 11 is 0. The molecule has 2 aliphatic heterocycles. The average molecular weight is 291 g/mol. The predicted octanol–water partition coefficient (Wildman–Crippen LogP) is 1.14. The minimum Gasteiger partial charge on any atom is -0.341 e. The van der Waals surface area contributed by atoms with Crippen LogP contribution in [0.15, 0.2) is 12.7 Å². The van der Waals surface area contributed by atoms with E-state index in [1.54, 1.807) is 12.7 Å². The summed E-state index contributed by atoms with van der Waals surface area (Å²) in [6.07, 6.45) is 9.21. The second kappa shape index (κ2) is 6.56. The van der Waals surface area contributed by atoms with E-state index in [1.807, 2.05) is 9.58 Å². The van der Waals surface area contributed by atoms with Crippen molar-refractivity contribution < 1.29 is 4.79 Å². The number of carbonyl (C=O) groups excluding carboxylic acids is 1. The molecule has 116 valence electrons. The van der Waals surface area contributed by atoms with Crippen LogP contribution in [0.4, 0.5) is 0 Å². The molecule has 21 heavy (non-hydrogen) atoms. The molecule has 2 atom stereocenters. The van der Waals surface area contributed by atoms with Crippen molar-refractivity contribution in [1.29, 1.82) is 0 Å². The predicted molar refractivity (Wildman–Crippen MR) is 79.6 cm³/mol. The number of aromatic nitrogens is 3. The molecule has 0 aromatic carbocycles. The van der Waals surface area contributed by atoms with Gasteiger partial charge >= 0.3 is 0 Å². The number of piperidine rings is 1. The van der Waals surface area contributed by atoms with Gasteiger partial charge in [-0.15, -0.1) is 0 Å². The van der Waals surface area contributed by atoms with Gasteiger partial charge in [0.15, 0.2) is 0 Å². The van der Waals surface area contributed by atoms with Crippen LogP contribution in [0, 0.1) is 0 Å². The molecule has 3 rings (SSSR count). The monoisotopic (exact) mass is 291 g/mol. The number of likely N-dealkylation sites (tertiary alicyclic amines) is 2.